The Kier molecular flexibility index (Phi) is 5.28. The summed E-state index contributed by atoms with van der Waals surface area (Å²) in [4.78, 5) is 53.3. The number of hydrogen-bond acceptors (Lipinski definition) is 9. The van der Waals surface area contributed by atoms with Gasteiger partial charge in [-0.1, -0.05) is 17.4 Å². The summed E-state index contributed by atoms with van der Waals surface area (Å²) in [6.07, 6.45) is 3.11. The second-order valence-corrected chi connectivity index (χ2v) is 9.25. The maximum absolute atomic E-state index is 13.5. The Hall–Kier alpha value is -3.24. The lowest BCUT2D eigenvalue weighted by Crippen LogP contribution is -2.31. The number of thiazole rings is 2. The Morgan fingerprint density at radius 3 is 2.35 bits per heavy atom. The SMILES string of the molecule is CC(=O)c1sc(N2C(=O)C(O)=C(C(=O)c3sc(C)nc3C)C2c2cccnc2)nc1C. The van der Waals surface area contributed by atoms with Gasteiger partial charge in [-0.05, 0) is 32.4 Å². The molecule has 1 N–H and O–H groups in total. The molecule has 4 rings (SSSR count). The van der Waals surface area contributed by atoms with Crippen LogP contribution in [0.5, 0.6) is 0 Å². The Balaban J connectivity index is 1.89. The minimum atomic E-state index is -0.930. The molecule has 4 heterocycles. The fraction of sp³-hybridized carbons (Fsp3) is 0.238. The highest BCUT2D eigenvalue weighted by Crippen LogP contribution is 2.44. The molecule has 0 saturated carbocycles. The van der Waals surface area contributed by atoms with E-state index in [1.165, 1.54) is 29.4 Å². The van der Waals surface area contributed by atoms with Crippen molar-refractivity contribution < 1.29 is 19.5 Å². The fourth-order valence-electron chi connectivity index (χ4n) is 3.56. The van der Waals surface area contributed by atoms with Gasteiger partial charge in [0.1, 0.15) is 0 Å². The van der Waals surface area contributed by atoms with Crippen LogP contribution in [-0.2, 0) is 4.79 Å². The molecule has 1 amide bonds. The van der Waals surface area contributed by atoms with Crippen LogP contribution >= 0.6 is 22.7 Å². The highest BCUT2D eigenvalue weighted by Gasteiger charge is 2.46. The molecule has 3 aromatic rings. The van der Waals surface area contributed by atoms with E-state index in [2.05, 4.69) is 15.0 Å². The van der Waals surface area contributed by atoms with Crippen molar-refractivity contribution in [3.8, 4) is 0 Å². The zero-order chi connectivity index (χ0) is 22.4. The van der Waals surface area contributed by atoms with Crippen molar-refractivity contribution in [3.05, 3.63) is 67.6 Å². The molecule has 0 spiro atoms. The van der Waals surface area contributed by atoms with E-state index >= 15 is 0 Å². The number of carbonyl (C=O) groups excluding carboxylic acids is 3. The second-order valence-electron chi connectivity index (χ2n) is 7.07. The first-order valence-electron chi connectivity index (χ1n) is 9.34. The molecule has 3 aromatic heterocycles. The van der Waals surface area contributed by atoms with Gasteiger partial charge in [-0.2, -0.15) is 0 Å². The highest BCUT2D eigenvalue weighted by atomic mass is 32.1. The number of aliphatic hydroxyl groups is 1. The van der Waals surface area contributed by atoms with Crippen molar-refractivity contribution in [1.29, 1.82) is 0 Å². The van der Waals surface area contributed by atoms with Crippen molar-refractivity contribution in [2.45, 2.75) is 33.7 Å². The molecule has 0 fully saturated rings. The summed E-state index contributed by atoms with van der Waals surface area (Å²) in [5.41, 5.74) is 1.51. The van der Waals surface area contributed by atoms with Gasteiger partial charge in [0, 0.05) is 19.3 Å². The molecule has 1 atom stereocenters. The first-order valence-corrected chi connectivity index (χ1v) is 11.0. The number of ketones is 2. The van der Waals surface area contributed by atoms with Gasteiger partial charge in [0.2, 0.25) is 5.78 Å². The Morgan fingerprint density at radius 1 is 1.10 bits per heavy atom. The molecule has 0 radical (unpaired) electrons. The summed E-state index contributed by atoms with van der Waals surface area (Å²) in [5, 5.41) is 11.7. The van der Waals surface area contributed by atoms with Crippen molar-refractivity contribution in [3.63, 3.8) is 0 Å². The minimum absolute atomic E-state index is 0.0537. The van der Waals surface area contributed by atoms with Crippen LogP contribution in [0.15, 0.2) is 35.9 Å². The third-order valence-corrected chi connectivity index (χ3v) is 7.20. The Morgan fingerprint density at radius 2 is 1.81 bits per heavy atom. The molecule has 158 valence electrons. The lowest BCUT2D eigenvalue weighted by molar-refractivity contribution is -0.117. The van der Waals surface area contributed by atoms with Gasteiger partial charge in [0.15, 0.2) is 16.7 Å². The number of Topliss-reactive ketones (excluding diaryl/α,β-unsaturated/α-hetero) is 2. The quantitative estimate of drug-likeness (QED) is 0.582. The molecule has 0 aromatic carbocycles. The standard InChI is InChI=1S/C21H18N4O4S2/c1-9-18(11(3)26)31-21(24-9)25-15(13-6-5-7-22-8-13)14(17(28)20(25)29)16(27)19-10(2)23-12(4)30-19/h5-8,15,28H,1-4H3. The topological polar surface area (TPSA) is 113 Å². The normalized spacial score (nSPS) is 16.3. The molecule has 0 bridgehead atoms. The van der Waals surface area contributed by atoms with Crippen molar-refractivity contribution >= 4 is 45.3 Å². The minimum Gasteiger partial charge on any atom is -0.503 e. The van der Waals surface area contributed by atoms with Crippen LogP contribution in [-0.4, -0.2) is 37.5 Å². The van der Waals surface area contributed by atoms with E-state index in [0.29, 0.717) is 31.7 Å². The van der Waals surface area contributed by atoms with Crippen LogP contribution in [0.4, 0.5) is 5.13 Å². The molecule has 31 heavy (non-hydrogen) atoms. The van der Waals surface area contributed by atoms with Gasteiger partial charge in [-0.25, -0.2) is 9.97 Å². The van der Waals surface area contributed by atoms with E-state index in [9.17, 15) is 19.5 Å². The molecular formula is C21H18N4O4S2. The Labute approximate surface area is 185 Å². The number of carbonyl (C=O) groups is 3. The molecular weight excluding hydrogens is 436 g/mol. The van der Waals surface area contributed by atoms with Crippen LogP contribution < -0.4 is 4.90 Å². The second kappa shape index (κ2) is 7.78. The smallest absolute Gasteiger partial charge is 0.296 e. The third-order valence-electron chi connectivity index (χ3n) is 4.87. The van der Waals surface area contributed by atoms with Crippen molar-refractivity contribution in [2.75, 3.05) is 4.90 Å². The average Bonchev–Trinajstić information content (AvgIpc) is 3.36. The van der Waals surface area contributed by atoms with Crippen LogP contribution in [0.25, 0.3) is 0 Å². The summed E-state index contributed by atoms with van der Waals surface area (Å²) < 4.78 is 0. The number of rotatable bonds is 5. The largest absolute Gasteiger partial charge is 0.503 e. The third kappa shape index (κ3) is 3.47. The van der Waals surface area contributed by atoms with Crippen LogP contribution in [0.3, 0.4) is 0 Å². The first-order chi connectivity index (χ1) is 14.7. The molecule has 1 aliphatic heterocycles. The number of aromatic nitrogens is 3. The van der Waals surface area contributed by atoms with Crippen LogP contribution in [0.1, 0.15) is 54.3 Å². The number of hydrogen-bond donors (Lipinski definition) is 1. The summed E-state index contributed by atoms with van der Waals surface area (Å²) in [6.45, 7) is 6.60. The van der Waals surface area contributed by atoms with E-state index in [0.717, 1.165) is 11.3 Å². The van der Waals surface area contributed by atoms with Gasteiger partial charge in [-0.3, -0.25) is 24.3 Å². The predicted octanol–water partition coefficient (Wildman–Crippen LogP) is 3.91. The Bertz CT molecular complexity index is 1260. The lowest BCUT2D eigenvalue weighted by Gasteiger charge is -2.24. The van der Waals surface area contributed by atoms with E-state index in [1.54, 1.807) is 39.1 Å². The monoisotopic (exact) mass is 454 g/mol. The number of nitrogens with zero attached hydrogens (tertiary/aromatic N) is 4. The van der Waals surface area contributed by atoms with Crippen LogP contribution in [0, 0.1) is 20.8 Å². The summed E-state index contributed by atoms with van der Waals surface area (Å²) in [5.74, 6) is -2.03. The van der Waals surface area contributed by atoms with Gasteiger partial charge < -0.3 is 5.11 Å². The van der Waals surface area contributed by atoms with Gasteiger partial charge in [0.25, 0.3) is 5.91 Å². The number of amides is 1. The maximum atomic E-state index is 13.5. The number of aliphatic hydroxyl groups excluding tert-OH is 1. The average molecular weight is 455 g/mol. The number of anilines is 1. The van der Waals surface area contributed by atoms with Gasteiger partial charge >= 0.3 is 0 Å². The van der Waals surface area contributed by atoms with E-state index < -0.39 is 23.5 Å². The molecule has 10 heteroatoms. The lowest BCUT2D eigenvalue weighted by atomic mass is 9.96. The van der Waals surface area contributed by atoms with E-state index in [1.807, 2.05) is 0 Å². The number of pyridine rings is 1. The van der Waals surface area contributed by atoms with Gasteiger partial charge in [-0.15, -0.1) is 11.3 Å². The molecule has 0 aliphatic carbocycles. The van der Waals surface area contributed by atoms with Crippen molar-refractivity contribution in [2.24, 2.45) is 0 Å². The van der Waals surface area contributed by atoms with E-state index in [-0.39, 0.29) is 16.5 Å². The molecule has 1 aliphatic rings. The molecule has 1 unspecified atom stereocenters. The predicted molar refractivity (Wildman–Crippen MR) is 117 cm³/mol. The zero-order valence-corrected chi connectivity index (χ0v) is 18.8. The first kappa shape index (κ1) is 21.0. The van der Waals surface area contributed by atoms with E-state index in [4.69, 9.17) is 0 Å². The molecule has 8 nitrogen and oxygen atoms in total. The summed E-state index contributed by atoms with van der Waals surface area (Å²) in [6, 6.07) is 2.48. The maximum Gasteiger partial charge on any atom is 0.296 e. The van der Waals surface area contributed by atoms with Crippen LogP contribution in [0.2, 0.25) is 0 Å². The zero-order valence-electron chi connectivity index (χ0n) is 17.2. The van der Waals surface area contributed by atoms with Gasteiger partial charge in [0.05, 0.1) is 37.8 Å². The number of aryl methyl sites for hydroxylation is 3. The summed E-state index contributed by atoms with van der Waals surface area (Å²) >= 11 is 2.26. The molecule has 0 saturated heterocycles. The van der Waals surface area contributed by atoms with Crippen molar-refractivity contribution in [1.82, 2.24) is 15.0 Å². The highest BCUT2D eigenvalue weighted by molar-refractivity contribution is 7.17. The fourth-order valence-corrected chi connectivity index (χ4v) is 5.43. The summed E-state index contributed by atoms with van der Waals surface area (Å²) in [7, 11) is 0.